The van der Waals surface area contributed by atoms with Gasteiger partial charge in [0.2, 0.25) is 0 Å². The molecule has 0 spiro atoms. The Hall–Kier alpha value is -1.26. The number of benzene rings is 1. The lowest BCUT2D eigenvalue weighted by atomic mass is 9.93. The highest BCUT2D eigenvalue weighted by molar-refractivity contribution is 5.41. The quantitative estimate of drug-likeness (QED) is 0.906. The van der Waals surface area contributed by atoms with E-state index in [1.807, 2.05) is 18.2 Å². The number of likely N-dealkylation sites (tertiary alicyclic amines) is 1. The maximum absolute atomic E-state index is 6.61. The zero-order valence-corrected chi connectivity index (χ0v) is 13.7. The fourth-order valence-electron chi connectivity index (χ4n) is 3.04. The zero-order valence-electron chi connectivity index (χ0n) is 13.7. The molecule has 0 aromatic heterocycles. The highest BCUT2D eigenvalue weighted by Crippen LogP contribution is 2.29. The molecule has 0 amide bonds. The molecule has 2 N–H and O–H groups in total. The second-order valence-corrected chi connectivity index (χ2v) is 6.38. The lowest BCUT2D eigenvalue weighted by Gasteiger charge is -2.42. The minimum absolute atomic E-state index is 0.361. The molecule has 1 heterocycles. The number of nitrogens with two attached hydrogens (primary N) is 1. The maximum atomic E-state index is 6.61. The smallest absolute Gasteiger partial charge is 0.122 e. The predicted molar refractivity (Wildman–Crippen MR) is 85.8 cm³/mol. The van der Waals surface area contributed by atoms with Crippen molar-refractivity contribution in [3.63, 3.8) is 0 Å². The number of rotatable bonds is 5. The summed E-state index contributed by atoms with van der Waals surface area (Å²) in [5, 5.41) is 0. The number of piperidine rings is 1. The average molecular weight is 292 g/mol. The van der Waals surface area contributed by atoms with Gasteiger partial charge >= 0.3 is 0 Å². The number of ether oxygens (including phenoxy) is 2. The third-order valence-corrected chi connectivity index (χ3v) is 4.54. The largest absolute Gasteiger partial charge is 0.497 e. The molecule has 1 unspecified atom stereocenters. The maximum Gasteiger partial charge on any atom is 0.122 e. The molecule has 1 aromatic carbocycles. The second kappa shape index (κ2) is 6.67. The molecule has 118 valence electrons. The van der Waals surface area contributed by atoms with Crippen LogP contribution in [0, 0.1) is 5.92 Å². The van der Waals surface area contributed by atoms with Gasteiger partial charge in [0.25, 0.3) is 0 Å². The first-order valence-electron chi connectivity index (χ1n) is 7.71. The summed E-state index contributed by atoms with van der Waals surface area (Å²) in [6.07, 6.45) is 3.20. The van der Waals surface area contributed by atoms with Gasteiger partial charge in [-0.05, 0) is 43.9 Å². The summed E-state index contributed by atoms with van der Waals surface area (Å²) >= 11 is 0. The Morgan fingerprint density at radius 2 is 1.90 bits per heavy atom. The van der Waals surface area contributed by atoms with Crippen molar-refractivity contribution in [2.24, 2.45) is 11.7 Å². The molecule has 2 rings (SSSR count). The molecule has 4 nitrogen and oxygen atoms in total. The van der Waals surface area contributed by atoms with Crippen LogP contribution in [-0.2, 0) is 6.42 Å². The second-order valence-electron chi connectivity index (χ2n) is 6.38. The number of nitrogens with zero attached hydrogens (tertiary/aromatic N) is 1. The summed E-state index contributed by atoms with van der Waals surface area (Å²) in [5.41, 5.74) is 7.35. The fraction of sp³-hybridized carbons (Fsp3) is 0.647. The molecule has 0 bridgehead atoms. The van der Waals surface area contributed by atoms with Crippen LogP contribution in [0.5, 0.6) is 11.5 Å². The lowest BCUT2D eigenvalue weighted by Crippen LogP contribution is -2.57. The van der Waals surface area contributed by atoms with Gasteiger partial charge < -0.3 is 15.2 Å². The minimum Gasteiger partial charge on any atom is -0.497 e. The normalized spacial score (nSPS) is 20.0. The molecule has 4 heteroatoms. The molecule has 0 aliphatic carbocycles. The van der Waals surface area contributed by atoms with Crippen molar-refractivity contribution in [1.29, 1.82) is 0 Å². The van der Waals surface area contributed by atoms with Crippen LogP contribution in [0.15, 0.2) is 18.2 Å². The van der Waals surface area contributed by atoms with Gasteiger partial charge in [0.1, 0.15) is 11.5 Å². The monoisotopic (exact) mass is 292 g/mol. The number of methoxy groups -OCH3 is 2. The topological polar surface area (TPSA) is 47.7 Å². The molecular weight excluding hydrogens is 264 g/mol. The Labute approximate surface area is 128 Å². The highest BCUT2D eigenvalue weighted by Gasteiger charge is 2.31. The highest BCUT2D eigenvalue weighted by atomic mass is 16.5. The molecular formula is C17H28N2O2. The minimum atomic E-state index is -0.361. The summed E-state index contributed by atoms with van der Waals surface area (Å²) < 4.78 is 10.8. The van der Waals surface area contributed by atoms with Crippen LogP contribution in [0.1, 0.15) is 32.3 Å². The Balaban J connectivity index is 2.15. The van der Waals surface area contributed by atoms with Crippen LogP contribution in [0.2, 0.25) is 0 Å². The molecule has 1 atom stereocenters. The van der Waals surface area contributed by atoms with Crippen LogP contribution < -0.4 is 15.2 Å². The average Bonchev–Trinajstić information content (AvgIpc) is 2.47. The summed E-state index contributed by atoms with van der Waals surface area (Å²) in [6, 6.07) is 5.89. The Bertz CT molecular complexity index is 466. The van der Waals surface area contributed by atoms with E-state index < -0.39 is 0 Å². The van der Waals surface area contributed by atoms with Crippen LogP contribution in [0.25, 0.3) is 0 Å². The SMILES string of the molecule is COc1ccc(OC)c(CC(C)(N)N2CCC(C)CC2)c1. The Morgan fingerprint density at radius 3 is 2.48 bits per heavy atom. The molecule has 21 heavy (non-hydrogen) atoms. The van der Waals surface area contributed by atoms with E-state index in [9.17, 15) is 0 Å². The van der Waals surface area contributed by atoms with Gasteiger partial charge in [0.15, 0.2) is 0 Å². The summed E-state index contributed by atoms with van der Waals surface area (Å²) in [6.45, 7) is 6.57. The fourth-order valence-corrected chi connectivity index (χ4v) is 3.04. The molecule has 1 fully saturated rings. The molecule has 0 radical (unpaired) electrons. The van der Waals surface area contributed by atoms with Crippen molar-refractivity contribution in [2.75, 3.05) is 27.3 Å². The van der Waals surface area contributed by atoms with Crippen LogP contribution in [0.4, 0.5) is 0 Å². The van der Waals surface area contributed by atoms with Gasteiger partial charge in [-0.2, -0.15) is 0 Å². The molecule has 1 saturated heterocycles. The van der Waals surface area contributed by atoms with E-state index in [-0.39, 0.29) is 5.66 Å². The first-order chi connectivity index (χ1) is 9.96. The number of hydrogen-bond acceptors (Lipinski definition) is 4. The van der Waals surface area contributed by atoms with Gasteiger partial charge in [-0.1, -0.05) is 6.92 Å². The number of hydrogen-bond donors (Lipinski definition) is 1. The lowest BCUT2D eigenvalue weighted by molar-refractivity contribution is 0.0690. The third kappa shape index (κ3) is 3.89. The van der Waals surface area contributed by atoms with E-state index in [1.165, 1.54) is 12.8 Å². The van der Waals surface area contributed by atoms with Gasteiger partial charge in [-0.3, -0.25) is 4.90 Å². The van der Waals surface area contributed by atoms with Crippen molar-refractivity contribution in [3.8, 4) is 11.5 Å². The van der Waals surface area contributed by atoms with Crippen molar-refractivity contribution in [2.45, 2.75) is 38.8 Å². The molecule has 1 aliphatic rings. The van der Waals surface area contributed by atoms with E-state index in [0.717, 1.165) is 42.5 Å². The van der Waals surface area contributed by atoms with Crippen LogP contribution >= 0.6 is 0 Å². The van der Waals surface area contributed by atoms with Gasteiger partial charge in [-0.25, -0.2) is 0 Å². The first-order valence-corrected chi connectivity index (χ1v) is 7.71. The van der Waals surface area contributed by atoms with E-state index in [1.54, 1.807) is 14.2 Å². The molecule has 1 aromatic rings. The van der Waals surface area contributed by atoms with Gasteiger partial charge in [0, 0.05) is 25.1 Å². The third-order valence-electron chi connectivity index (χ3n) is 4.54. The van der Waals surface area contributed by atoms with E-state index >= 15 is 0 Å². The predicted octanol–water partition coefficient (Wildman–Crippen LogP) is 2.65. The Kier molecular flexibility index (Phi) is 5.12. The molecule has 1 aliphatic heterocycles. The first kappa shape index (κ1) is 16.1. The molecule has 0 saturated carbocycles. The van der Waals surface area contributed by atoms with Crippen LogP contribution in [-0.4, -0.2) is 37.9 Å². The van der Waals surface area contributed by atoms with Crippen LogP contribution in [0.3, 0.4) is 0 Å². The standard InChI is InChI=1S/C17H28N2O2/c1-13-7-9-19(10-8-13)17(2,18)12-14-11-15(20-3)5-6-16(14)21-4/h5-6,11,13H,7-10,12,18H2,1-4H3. The van der Waals surface area contributed by atoms with Crippen molar-refractivity contribution in [1.82, 2.24) is 4.90 Å². The van der Waals surface area contributed by atoms with Gasteiger partial charge in [-0.15, -0.1) is 0 Å². The summed E-state index contributed by atoms with van der Waals surface area (Å²) in [7, 11) is 3.38. The summed E-state index contributed by atoms with van der Waals surface area (Å²) in [5.74, 6) is 2.52. The van der Waals surface area contributed by atoms with E-state index in [0.29, 0.717) is 0 Å². The van der Waals surface area contributed by atoms with E-state index in [2.05, 4.69) is 18.7 Å². The Morgan fingerprint density at radius 1 is 1.24 bits per heavy atom. The van der Waals surface area contributed by atoms with Crippen molar-refractivity contribution < 1.29 is 9.47 Å². The summed E-state index contributed by atoms with van der Waals surface area (Å²) in [4.78, 5) is 2.39. The van der Waals surface area contributed by atoms with E-state index in [4.69, 9.17) is 15.2 Å². The van der Waals surface area contributed by atoms with Crippen molar-refractivity contribution in [3.05, 3.63) is 23.8 Å². The zero-order chi connectivity index (χ0) is 15.5. The van der Waals surface area contributed by atoms with Gasteiger partial charge in [0.05, 0.1) is 19.9 Å². The van der Waals surface area contributed by atoms with Crippen molar-refractivity contribution >= 4 is 0 Å².